The summed E-state index contributed by atoms with van der Waals surface area (Å²) >= 11 is 2.06. The summed E-state index contributed by atoms with van der Waals surface area (Å²) in [6.07, 6.45) is 9.21. The Hall–Kier alpha value is 0.270. The fourth-order valence-electron chi connectivity index (χ4n) is 2.60. The Morgan fingerprint density at radius 2 is 2.12 bits per heavy atom. The molecule has 2 aliphatic rings. The van der Waals surface area contributed by atoms with Crippen molar-refractivity contribution in [2.24, 2.45) is 0 Å². The van der Waals surface area contributed by atoms with E-state index in [0.717, 1.165) is 6.04 Å². The van der Waals surface area contributed by atoms with Gasteiger partial charge in [-0.3, -0.25) is 0 Å². The van der Waals surface area contributed by atoms with E-state index in [1.54, 1.807) is 0 Å². The molecule has 0 aromatic heterocycles. The predicted octanol–water partition coefficient (Wildman–Crippen LogP) is 2.35. The van der Waals surface area contributed by atoms with Crippen molar-refractivity contribution < 1.29 is 0 Å². The standard InChI is InChI=1S/C13H26N2S/c1-3-15-9-4-5-12(6-10-15)14-11-13(16-2)7-8-13/h12,14H,3-11H2,1-2H3. The van der Waals surface area contributed by atoms with E-state index in [0.29, 0.717) is 4.75 Å². The molecule has 1 aliphatic heterocycles. The molecular weight excluding hydrogens is 216 g/mol. The van der Waals surface area contributed by atoms with Crippen LogP contribution >= 0.6 is 11.8 Å². The topological polar surface area (TPSA) is 15.3 Å². The number of nitrogens with one attached hydrogen (secondary N) is 1. The Bertz CT molecular complexity index is 216. The molecule has 1 saturated carbocycles. The minimum absolute atomic E-state index is 0.622. The number of thioether (sulfide) groups is 1. The summed E-state index contributed by atoms with van der Waals surface area (Å²) in [6.45, 7) is 7.34. The molecule has 1 aliphatic carbocycles. The third-order valence-electron chi connectivity index (χ3n) is 4.22. The van der Waals surface area contributed by atoms with Crippen LogP contribution in [0.2, 0.25) is 0 Å². The van der Waals surface area contributed by atoms with Crippen LogP contribution in [0.3, 0.4) is 0 Å². The van der Waals surface area contributed by atoms with Gasteiger partial charge in [0, 0.05) is 17.3 Å². The van der Waals surface area contributed by atoms with E-state index in [2.05, 4.69) is 35.2 Å². The van der Waals surface area contributed by atoms with Crippen molar-refractivity contribution in [1.29, 1.82) is 0 Å². The highest BCUT2D eigenvalue weighted by molar-refractivity contribution is 8.00. The highest BCUT2D eigenvalue weighted by Gasteiger charge is 2.41. The molecule has 0 amide bonds. The molecule has 0 aromatic rings. The molecule has 2 rings (SSSR count). The Kier molecular flexibility index (Phi) is 4.57. The molecule has 1 heterocycles. The minimum Gasteiger partial charge on any atom is -0.313 e. The van der Waals surface area contributed by atoms with Crippen LogP contribution in [0.15, 0.2) is 0 Å². The molecule has 3 heteroatoms. The van der Waals surface area contributed by atoms with Crippen LogP contribution in [0.25, 0.3) is 0 Å². The maximum atomic E-state index is 3.81. The van der Waals surface area contributed by atoms with Gasteiger partial charge in [-0.15, -0.1) is 0 Å². The second kappa shape index (κ2) is 5.74. The van der Waals surface area contributed by atoms with E-state index in [1.807, 2.05) is 0 Å². The van der Waals surface area contributed by atoms with Gasteiger partial charge in [-0.25, -0.2) is 0 Å². The van der Waals surface area contributed by atoms with Crippen molar-refractivity contribution in [3.8, 4) is 0 Å². The molecule has 1 atom stereocenters. The van der Waals surface area contributed by atoms with Crippen LogP contribution in [0.5, 0.6) is 0 Å². The number of hydrogen-bond donors (Lipinski definition) is 1. The number of likely N-dealkylation sites (tertiary alicyclic amines) is 1. The summed E-state index contributed by atoms with van der Waals surface area (Å²) in [7, 11) is 0. The zero-order chi connectivity index (χ0) is 11.4. The fourth-order valence-corrected chi connectivity index (χ4v) is 3.34. The van der Waals surface area contributed by atoms with Gasteiger partial charge in [-0.05, 0) is 58.0 Å². The van der Waals surface area contributed by atoms with Crippen LogP contribution in [0.1, 0.15) is 39.0 Å². The molecule has 0 bridgehead atoms. The molecule has 2 nitrogen and oxygen atoms in total. The quantitative estimate of drug-likeness (QED) is 0.797. The molecule has 0 radical (unpaired) electrons. The van der Waals surface area contributed by atoms with Gasteiger partial charge in [-0.1, -0.05) is 6.92 Å². The first-order valence-corrected chi connectivity index (χ1v) is 8.01. The van der Waals surface area contributed by atoms with Crippen LogP contribution < -0.4 is 5.32 Å². The molecular formula is C13H26N2S. The molecule has 2 fully saturated rings. The van der Waals surface area contributed by atoms with Crippen molar-refractivity contribution in [3.63, 3.8) is 0 Å². The molecule has 16 heavy (non-hydrogen) atoms. The molecule has 0 aromatic carbocycles. The third-order valence-corrected chi connectivity index (χ3v) is 5.64. The number of hydrogen-bond acceptors (Lipinski definition) is 3. The van der Waals surface area contributed by atoms with Gasteiger partial charge in [0.2, 0.25) is 0 Å². The first kappa shape index (κ1) is 12.7. The summed E-state index contributed by atoms with van der Waals surface area (Å²) < 4.78 is 0.622. The molecule has 1 saturated heterocycles. The first-order valence-electron chi connectivity index (χ1n) is 6.79. The van der Waals surface area contributed by atoms with Gasteiger partial charge >= 0.3 is 0 Å². The van der Waals surface area contributed by atoms with Gasteiger partial charge in [0.05, 0.1) is 0 Å². The van der Waals surface area contributed by atoms with Gasteiger partial charge in [0.25, 0.3) is 0 Å². The highest BCUT2D eigenvalue weighted by atomic mass is 32.2. The zero-order valence-corrected chi connectivity index (χ0v) is 11.6. The Balaban J connectivity index is 1.69. The van der Waals surface area contributed by atoms with E-state index in [1.165, 1.54) is 58.3 Å². The van der Waals surface area contributed by atoms with Crippen molar-refractivity contribution in [2.45, 2.75) is 49.8 Å². The molecule has 1 unspecified atom stereocenters. The lowest BCUT2D eigenvalue weighted by Gasteiger charge is -2.21. The van der Waals surface area contributed by atoms with Crippen LogP contribution in [0.4, 0.5) is 0 Å². The second-order valence-electron chi connectivity index (χ2n) is 5.33. The maximum absolute atomic E-state index is 3.81. The van der Waals surface area contributed by atoms with Crippen LogP contribution in [-0.2, 0) is 0 Å². The summed E-state index contributed by atoms with van der Waals surface area (Å²) in [5, 5.41) is 3.81. The van der Waals surface area contributed by atoms with E-state index in [4.69, 9.17) is 0 Å². The fraction of sp³-hybridized carbons (Fsp3) is 1.00. The smallest absolute Gasteiger partial charge is 0.0282 e. The number of nitrogens with zero attached hydrogens (tertiary/aromatic N) is 1. The average molecular weight is 242 g/mol. The van der Waals surface area contributed by atoms with Gasteiger partial charge in [0.1, 0.15) is 0 Å². The molecule has 1 N–H and O–H groups in total. The van der Waals surface area contributed by atoms with Gasteiger partial charge < -0.3 is 10.2 Å². The van der Waals surface area contributed by atoms with E-state index in [-0.39, 0.29) is 0 Å². The first-order chi connectivity index (χ1) is 7.78. The summed E-state index contributed by atoms with van der Waals surface area (Å²) in [6, 6.07) is 0.779. The monoisotopic (exact) mass is 242 g/mol. The Morgan fingerprint density at radius 1 is 1.31 bits per heavy atom. The lowest BCUT2D eigenvalue weighted by Crippen LogP contribution is -2.36. The molecule has 0 spiro atoms. The van der Waals surface area contributed by atoms with Gasteiger partial charge in [-0.2, -0.15) is 11.8 Å². The average Bonchev–Trinajstić information content (AvgIpc) is 3.11. The molecule has 94 valence electrons. The summed E-state index contributed by atoms with van der Waals surface area (Å²) in [4.78, 5) is 2.59. The lowest BCUT2D eigenvalue weighted by atomic mass is 10.1. The minimum atomic E-state index is 0.622. The van der Waals surface area contributed by atoms with Crippen molar-refractivity contribution in [1.82, 2.24) is 10.2 Å². The van der Waals surface area contributed by atoms with Crippen molar-refractivity contribution in [2.75, 3.05) is 32.4 Å². The normalized spacial score (nSPS) is 30.0. The second-order valence-corrected chi connectivity index (χ2v) is 6.60. The largest absolute Gasteiger partial charge is 0.313 e. The van der Waals surface area contributed by atoms with E-state index in [9.17, 15) is 0 Å². The van der Waals surface area contributed by atoms with E-state index < -0.39 is 0 Å². The lowest BCUT2D eigenvalue weighted by molar-refractivity contribution is 0.297. The van der Waals surface area contributed by atoms with Crippen LogP contribution in [-0.4, -0.2) is 48.1 Å². The van der Waals surface area contributed by atoms with Gasteiger partial charge in [0.15, 0.2) is 0 Å². The summed E-state index contributed by atoms with van der Waals surface area (Å²) in [5.74, 6) is 0. The summed E-state index contributed by atoms with van der Waals surface area (Å²) in [5.41, 5.74) is 0. The van der Waals surface area contributed by atoms with Crippen LogP contribution in [0, 0.1) is 0 Å². The SMILES string of the molecule is CCN1CCCC(NCC2(SC)CC2)CC1. The van der Waals surface area contributed by atoms with Crippen molar-refractivity contribution in [3.05, 3.63) is 0 Å². The number of rotatable bonds is 5. The Labute approximate surface area is 105 Å². The Morgan fingerprint density at radius 3 is 2.75 bits per heavy atom. The zero-order valence-electron chi connectivity index (χ0n) is 10.8. The highest BCUT2D eigenvalue weighted by Crippen LogP contribution is 2.46. The van der Waals surface area contributed by atoms with Crippen molar-refractivity contribution >= 4 is 11.8 Å². The predicted molar refractivity (Wildman–Crippen MR) is 73.2 cm³/mol. The maximum Gasteiger partial charge on any atom is 0.0282 e. The van der Waals surface area contributed by atoms with E-state index >= 15 is 0 Å². The third kappa shape index (κ3) is 3.38.